The molecule has 358 valence electrons. The van der Waals surface area contributed by atoms with Gasteiger partial charge in [0.2, 0.25) is 5.79 Å². The minimum absolute atomic E-state index is 0.0366. The lowest BCUT2D eigenvalue weighted by Gasteiger charge is -2.47. The van der Waals surface area contributed by atoms with E-state index in [1.807, 2.05) is 32.9 Å². The van der Waals surface area contributed by atoms with Crippen molar-refractivity contribution in [1.29, 1.82) is 0 Å². The van der Waals surface area contributed by atoms with Crippen LogP contribution in [0.3, 0.4) is 0 Å². The van der Waals surface area contributed by atoms with Gasteiger partial charge in [-0.15, -0.1) is 0 Å². The predicted molar refractivity (Wildman–Crippen MR) is 240 cm³/mol. The number of methoxy groups -OCH3 is 3. The average Bonchev–Trinajstić information content (AvgIpc) is 3.24. The molecule has 3 aliphatic heterocycles. The molecular formula is C50H81NO12. The van der Waals surface area contributed by atoms with Gasteiger partial charge in [0.1, 0.15) is 24.0 Å². The molecule has 3 heterocycles. The van der Waals surface area contributed by atoms with Crippen LogP contribution in [-0.4, -0.2) is 128 Å². The van der Waals surface area contributed by atoms with Gasteiger partial charge in [0.05, 0.1) is 37.1 Å². The second-order valence-corrected chi connectivity index (χ2v) is 20.2. The third kappa shape index (κ3) is 13.9. The van der Waals surface area contributed by atoms with E-state index < -0.39 is 77.8 Å². The summed E-state index contributed by atoms with van der Waals surface area (Å²) in [6, 6.07) is -1.13. The number of Topliss-reactive ketones (excluding diaryl/α,β-unsaturated/α-hetero) is 2. The average molecular weight is 888 g/mol. The maximum Gasteiger partial charge on any atom is 0.329 e. The monoisotopic (exact) mass is 888 g/mol. The molecule has 0 aromatic rings. The number of carbonyl (C=O) groups excluding carboxylic acids is 4. The highest BCUT2D eigenvalue weighted by Gasteiger charge is 2.56. The first kappa shape index (κ1) is 52.8. The van der Waals surface area contributed by atoms with E-state index in [1.165, 1.54) is 4.90 Å². The standard InChI is InChI=1S/C50H81NO12/c1-13-36-24-30(2)23-31(3)25-42(59-11)45-43(60-12)27-33(5)50(57,63-45)46(54)47(55)51-21-15-14-17-37(51)48(56)62-44(34(6)38(52)29-39(36)53)32(4)26-35-18-19-40(41(28-35)58-10)61-22-16-20-49(7,8)9/h16,20,24,26,31,33-38,40-45,52,57H,13-15,17-19,21-23,25,27-29H2,1-12H3/b20-16+,30-24+,32-26+/t31-,33+,34+,35-,36+,37-,38-,40+,41+,42-,43-,44+,45+,50+/m0/s1. The highest BCUT2D eigenvalue weighted by atomic mass is 16.7. The van der Waals surface area contributed by atoms with Crippen LogP contribution in [0.1, 0.15) is 133 Å². The Labute approximate surface area is 377 Å². The van der Waals surface area contributed by atoms with E-state index in [0.29, 0.717) is 50.7 Å². The molecule has 0 spiro atoms. The van der Waals surface area contributed by atoms with Gasteiger partial charge in [-0.05, 0) is 101 Å². The number of nitrogens with zero attached hydrogens (tertiary/aromatic N) is 1. The third-order valence-electron chi connectivity index (χ3n) is 13.9. The van der Waals surface area contributed by atoms with Crippen molar-refractivity contribution in [2.45, 2.75) is 187 Å². The number of piperidine rings is 1. The maximum atomic E-state index is 14.5. The molecule has 0 aromatic carbocycles. The number of ketones is 2. The molecule has 13 nitrogen and oxygen atoms in total. The fourth-order valence-electron chi connectivity index (χ4n) is 10.1. The highest BCUT2D eigenvalue weighted by Crippen LogP contribution is 2.39. The SMILES string of the molecule is CC[C@@H]1/C=C(\C)C[C@H](C)C[C@H](OC)[C@H]2O[C@@](O)(C(=O)C(=O)N3CCCC[C@H]3C(=O)O[C@H](/C(C)=C/[C@@H]3CC[C@@H](OC/C=C/C(C)(C)C)[C@H](OC)C3)[C@H](C)[C@@H](O)CC1=O)[C@H](C)C[C@@H]2OC. The van der Waals surface area contributed by atoms with Crippen LogP contribution in [-0.2, 0) is 47.6 Å². The van der Waals surface area contributed by atoms with E-state index in [1.54, 1.807) is 35.2 Å². The molecular weight excluding hydrogens is 807 g/mol. The molecule has 0 unspecified atom stereocenters. The number of esters is 1. The first-order chi connectivity index (χ1) is 29.7. The van der Waals surface area contributed by atoms with E-state index >= 15 is 0 Å². The molecule has 14 atom stereocenters. The van der Waals surface area contributed by atoms with Gasteiger partial charge < -0.3 is 43.5 Å². The summed E-state index contributed by atoms with van der Waals surface area (Å²) in [7, 11) is 4.77. The van der Waals surface area contributed by atoms with E-state index in [0.717, 1.165) is 18.4 Å². The Kier molecular flexibility index (Phi) is 19.8. The van der Waals surface area contributed by atoms with Crippen LogP contribution in [0.15, 0.2) is 35.5 Å². The minimum Gasteiger partial charge on any atom is -0.456 e. The Balaban J connectivity index is 1.71. The van der Waals surface area contributed by atoms with Gasteiger partial charge in [-0.2, -0.15) is 0 Å². The number of fused-ring (bicyclic) bond motifs is 3. The van der Waals surface area contributed by atoms with E-state index in [9.17, 15) is 29.4 Å². The lowest BCUT2D eigenvalue weighted by atomic mass is 9.81. The zero-order chi connectivity index (χ0) is 46.8. The summed E-state index contributed by atoms with van der Waals surface area (Å²) >= 11 is 0. The zero-order valence-electron chi connectivity index (χ0n) is 40.4. The van der Waals surface area contributed by atoms with Crippen LogP contribution in [0, 0.1) is 35.0 Å². The minimum atomic E-state index is -2.50. The number of aliphatic hydroxyl groups is 2. The van der Waals surface area contributed by atoms with Crippen molar-refractivity contribution in [1.82, 2.24) is 4.90 Å². The number of cyclic esters (lactones) is 1. The lowest BCUT2D eigenvalue weighted by molar-refractivity contribution is -0.302. The van der Waals surface area contributed by atoms with Crippen LogP contribution < -0.4 is 0 Å². The number of hydrogen-bond acceptors (Lipinski definition) is 12. The topological polar surface area (TPSA) is 167 Å². The second kappa shape index (κ2) is 23.6. The van der Waals surface area contributed by atoms with E-state index in [4.69, 9.17) is 28.4 Å². The van der Waals surface area contributed by atoms with Crippen molar-refractivity contribution in [2.75, 3.05) is 34.5 Å². The van der Waals surface area contributed by atoms with Crippen molar-refractivity contribution in [3.63, 3.8) is 0 Å². The fourth-order valence-corrected chi connectivity index (χ4v) is 10.1. The Bertz CT molecular complexity index is 1630. The molecule has 13 heteroatoms. The molecule has 0 aromatic heterocycles. The van der Waals surface area contributed by atoms with Crippen LogP contribution >= 0.6 is 0 Å². The molecule has 1 aliphatic carbocycles. The van der Waals surface area contributed by atoms with Crippen molar-refractivity contribution in [3.05, 3.63) is 35.5 Å². The number of hydrogen-bond donors (Lipinski definition) is 2. The lowest BCUT2D eigenvalue weighted by Crippen LogP contribution is -2.64. The van der Waals surface area contributed by atoms with Crippen LogP contribution in [0.25, 0.3) is 0 Å². The van der Waals surface area contributed by atoms with Gasteiger partial charge in [0.25, 0.3) is 11.7 Å². The van der Waals surface area contributed by atoms with Crippen molar-refractivity contribution in [3.8, 4) is 0 Å². The number of allylic oxidation sites excluding steroid dienone is 4. The van der Waals surface area contributed by atoms with Crippen molar-refractivity contribution < 1.29 is 57.8 Å². The quantitative estimate of drug-likeness (QED) is 0.137. The van der Waals surface area contributed by atoms with Gasteiger partial charge >= 0.3 is 5.97 Å². The number of ether oxygens (including phenoxy) is 6. The molecule has 2 N–H and O–H groups in total. The van der Waals surface area contributed by atoms with Gasteiger partial charge in [0.15, 0.2) is 0 Å². The largest absolute Gasteiger partial charge is 0.456 e. The van der Waals surface area contributed by atoms with Gasteiger partial charge in [-0.1, -0.05) is 78.3 Å². The van der Waals surface area contributed by atoms with Crippen LogP contribution in [0.4, 0.5) is 0 Å². The molecule has 1 saturated carbocycles. The summed E-state index contributed by atoms with van der Waals surface area (Å²) in [5.74, 6) is -7.38. The number of aliphatic hydroxyl groups excluding tert-OH is 1. The van der Waals surface area contributed by atoms with Gasteiger partial charge in [-0.25, -0.2) is 4.79 Å². The third-order valence-corrected chi connectivity index (χ3v) is 13.9. The van der Waals surface area contributed by atoms with Crippen molar-refractivity contribution in [2.24, 2.45) is 35.0 Å². The van der Waals surface area contributed by atoms with Crippen LogP contribution in [0.5, 0.6) is 0 Å². The smallest absolute Gasteiger partial charge is 0.329 e. The zero-order valence-corrected chi connectivity index (χ0v) is 40.4. The number of rotatable bonds is 9. The Morgan fingerprint density at radius 2 is 1.59 bits per heavy atom. The number of amides is 1. The molecule has 4 rings (SSSR count). The van der Waals surface area contributed by atoms with E-state index in [2.05, 4.69) is 39.8 Å². The molecule has 63 heavy (non-hydrogen) atoms. The second-order valence-electron chi connectivity index (χ2n) is 20.2. The molecule has 1 amide bonds. The highest BCUT2D eigenvalue weighted by molar-refractivity contribution is 6.39. The Morgan fingerprint density at radius 3 is 2.22 bits per heavy atom. The summed E-state index contributed by atoms with van der Waals surface area (Å²) in [5, 5.41) is 23.9. The first-order valence-corrected chi connectivity index (χ1v) is 23.6. The summed E-state index contributed by atoms with van der Waals surface area (Å²) in [6.45, 7) is 18.3. The van der Waals surface area contributed by atoms with Gasteiger partial charge in [-0.3, -0.25) is 14.4 Å². The fraction of sp³-hybridized carbons (Fsp3) is 0.800. The van der Waals surface area contributed by atoms with Gasteiger partial charge in [0, 0.05) is 52.0 Å². The molecule has 3 fully saturated rings. The molecule has 0 radical (unpaired) electrons. The summed E-state index contributed by atoms with van der Waals surface area (Å²) in [6.07, 6.45) is 9.23. The first-order valence-electron chi connectivity index (χ1n) is 23.6. The predicted octanol–water partition coefficient (Wildman–Crippen LogP) is 7.10. The summed E-state index contributed by atoms with van der Waals surface area (Å²) in [4.78, 5) is 58.3. The summed E-state index contributed by atoms with van der Waals surface area (Å²) in [5.41, 5.74) is 1.77. The normalized spacial score (nSPS) is 38.7. The molecule has 4 aliphatic rings. The van der Waals surface area contributed by atoms with E-state index in [-0.39, 0.29) is 61.0 Å². The maximum absolute atomic E-state index is 14.5. The van der Waals surface area contributed by atoms with Crippen molar-refractivity contribution >= 4 is 23.4 Å². The molecule has 2 saturated heterocycles. The number of carbonyl (C=O) groups is 4. The summed E-state index contributed by atoms with van der Waals surface area (Å²) < 4.78 is 36.6. The molecule has 2 bridgehead atoms. The Morgan fingerprint density at radius 1 is 0.921 bits per heavy atom. The Hall–Kier alpha value is -2.78. The van der Waals surface area contributed by atoms with Crippen LogP contribution in [0.2, 0.25) is 0 Å².